The van der Waals surface area contributed by atoms with Crippen LogP contribution in [0, 0.1) is 13.8 Å². The molecule has 0 N–H and O–H groups in total. The average Bonchev–Trinajstić information content (AvgIpc) is 2.74. The number of carbonyl (C=O) groups excluding carboxylic acids is 1. The monoisotopic (exact) mass is 337 g/mol. The van der Waals surface area contributed by atoms with Crippen molar-refractivity contribution in [3.63, 3.8) is 0 Å². The number of amides is 1. The zero-order valence-corrected chi connectivity index (χ0v) is 13.6. The van der Waals surface area contributed by atoms with Crippen LogP contribution >= 0.6 is 27.3 Å². The molecule has 0 saturated heterocycles. The molecular weight excluding hydrogens is 322 g/mol. The van der Waals surface area contributed by atoms with Gasteiger partial charge in [0.25, 0.3) is 5.91 Å². The van der Waals surface area contributed by atoms with E-state index in [1.54, 1.807) is 16.2 Å². The molecule has 1 heterocycles. The standard InChI is InChI=1S/C15H16BrNOS/c1-10-4-5-12(13(16)8-10)15(18)17(3)9-14-11(2)6-7-19-14/h4-8H,9H2,1-3H3. The van der Waals surface area contributed by atoms with E-state index in [-0.39, 0.29) is 5.91 Å². The Morgan fingerprint density at radius 1 is 1.32 bits per heavy atom. The molecule has 0 radical (unpaired) electrons. The molecule has 0 aliphatic carbocycles. The van der Waals surface area contributed by atoms with Crippen molar-refractivity contribution in [3.05, 3.63) is 55.7 Å². The van der Waals surface area contributed by atoms with E-state index in [1.807, 2.05) is 32.2 Å². The summed E-state index contributed by atoms with van der Waals surface area (Å²) in [5.41, 5.74) is 3.09. The summed E-state index contributed by atoms with van der Waals surface area (Å²) in [6.45, 7) is 4.74. The molecule has 1 aromatic carbocycles. The minimum Gasteiger partial charge on any atom is -0.337 e. The van der Waals surface area contributed by atoms with Crippen molar-refractivity contribution < 1.29 is 4.79 Å². The highest BCUT2D eigenvalue weighted by Gasteiger charge is 2.16. The van der Waals surface area contributed by atoms with Crippen LogP contribution in [-0.2, 0) is 6.54 Å². The van der Waals surface area contributed by atoms with Crippen LogP contribution in [-0.4, -0.2) is 17.9 Å². The van der Waals surface area contributed by atoms with Gasteiger partial charge in [-0.3, -0.25) is 4.79 Å². The first-order valence-electron chi connectivity index (χ1n) is 6.03. The fraction of sp³-hybridized carbons (Fsp3) is 0.267. The molecule has 2 rings (SSSR count). The predicted molar refractivity (Wildman–Crippen MR) is 83.7 cm³/mol. The smallest absolute Gasteiger partial charge is 0.255 e. The van der Waals surface area contributed by atoms with Gasteiger partial charge in [-0.05, 0) is 64.5 Å². The van der Waals surface area contributed by atoms with Crippen LogP contribution in [0.2, 0.25) is 0 Å². The summed E-state index contributed by atoms with van der Waals surface area (Å²) in [6, 6.07) is 7.89. The van der Waals surface area contributed by atoms with E-state index in [0.717, 1.165) is 10.0 Å². The number of rotatable bonds is 3. The first kappa shape index (κ1) is 14.3. The lowest BCUT2D eigenvalue weighted by atomic mass is 10.1. The van der Waals surface area contributed by atoms with Crippen molar-refractivity contribution in [2.75, 3.05) is 7.05 Å². The Kier molecular flexibility index (Phi) is 4.42. The number of carbonyl (C=O) groups is 1. The van der Waals surface area contributed by atoms with Gasteiger partial charge in [0.1, 0.15) is 0 Å². The Morgan fingerprint density at radius 3 is 2.63 bits per heavy atom. The van der Waals surface area contributed by atoms with Crippen molar-refractivity contribution in [2.24, 2.45) is 0 Å². The van der Waals surface area contributed by atoms with Crippen LogP contribution < -0.4 is 0 Å². The van der Waals surface area contributed by atoms with Crippen LogP contribution in [0.1, 0.15) is 26.4 Å². The van der Waals surface area contributed by atoms with E-state index < -0.39 is 0 Å². The Labute approximate surface area is 126 Å². The number of nitrogens with zero attached hydrogens (tertiary/aromatic N) is 1. The largest absolute Gasteiger partial charge is 0.337 e. The van der Waals surface area contributed by atoms with Gasteiger partial charge in [-0.2, -0.15) is 0 Å². The predicted octanol–water partition coefficient (Wildman–Crippen LogP) is 4.40. The average molecular weight is 338 g/mol. The summed E-state index contributed by atoms with van der Waals surface area (Å²) in [6.07, 6.45) is 0. The third-order valence-corrected chi connectivity index (χ3v) is 4.71. The maximum atomic E-state index is 12.4. The molecule has 19 heavy (non-hydrogen) atoms. The lowest BCUT2D eigenvalue weighted by molar-refractivity contribution is 0.0785. The Bertz CT molecular complexity index is 606. The van der Waals surface area contributed by atoms with Crippen molar-refractivity contribution >= 4 is 33.2 Å². The normalized spacial score (nSPS) is 10.5. The van der Waals surface area contributed by atoms with E-state index in [2.05, 4.69) is 34.3 Å². The molecular formula is C15H16BrNOS. The number of aryl methyl sites for hydroxylation is 2. The van der Waals surface area contributed by atoms with Crippen LogP contribution in [0.25, 0.3) is 0 Å². The molecule has 100 valence electrons. The SMILES string of the molecule is Cc1ccc(C(=O)N(C)Cc2sccc2C)c(Br)c1. The van der Waals surface area contributed by atoms with Crippen LogP contribution in [0.4, 0.5) is 0 Å². The molecule has 2 aromatic rings. The number of hydrogen-bond donors (Lipinski definition) is 0. The third-order valence-electron chi connectivity index (χ3n) is 3.05. The highest BCUT2D eigenvalue weighted by molar-refractivity contribution is 9.10. The summed E-state index contributed by atoms with van der Waals surface area (Å²) >= 11 is 5.16. The van der Waals surface area contributed by atoms with Gasteiger partial charge in [-0.1, -0.05) is 6.07 Å². The van der Waals surface area contributed by atoms with E-state index in [0.29, 0.717) is 12.1 Å². The van der Waals surface area contributed by atoms with Gasteiger partial charge in [0.15, 0.2) is 0 Å². The van der Waals surface area contributed by atoms with Gasteiger partial charge in [-0.15, -0.1) is 11.3 Å². The molecule has 0 aliphatic heterocycles. The number of thiophene rings is 1. The molecule has 0 bridgehead atoms. The Morgan fingerprint density at radius 2 is 2.05 bits per heavy atom. The topological polar surface area (TPSA) is 20.3 Å². The second kappa shape index (κ2) is 5.88. The van der Waals surface area contributed by atoms with Gasteiger partial charge in [0, 0.05) is 16.4 Å². The highest BCUT2D eigenvalue weighted by atomic mass is 79.9. The van der Waals surface area contributed by atoms with Crippen molar-refractivity contribution in [3.8, 4) is 0 Å². The quantitative estimate of drug-likeness (QED) is 0.812. The summed E-state index contributed by atoms with van der Waals surface area (Å²) in [4.78, 5) is 15.4. The summed E-state index contributed by atoms with van der Waals surface area (Å²) in [5, 5.41) is 2.06. The number of benzene rings is 1. The lowest BCUT2D eigenvalue weighted by Crippen LogP contribution is -2.26. The van der Waals surface area contributed by atoms with E-state index in [4.69, 9.17) is 0 Å². The number of hydrogen-bond acceptors (Lipinski definition) is 2. The summed E-state index contributed by atoms with van der Waals surface area (Å²) in [5.74, 6) is 0.0414. The van der Waals surface area contributed by atoms with Crippen molar-refractivity contribution in [2.45, 2.75) is 20.4 Å². The van der Waals surface area contributed by atoms with E-state index in [9.17, 15) is 4.79 Å². The molecule has 1 aromatic heterocycles. The van der Waals surface area contributed by atoms with Crippen LogP contribution in [0.3, 0.4) is 0 Å². The minimum absolute atomic E-state index is 0.0414. The fourth-order valence-electron chi connectivity index (χ4n) is 1.85. The second-order valence-corrected chi connectivity index (χ2v) is 6.53. The lowest BCUT2D eigenvalue weighted by Gasteiger charge is -2.18. The van der Waals surface area contributed by atoms with Gasteiger partial charge in [-0.25, -0.2) is 0 Å². The van der Waals surface area contributed by atoms with Crippen LogP contribution in [0.5, 0.6) is 0 Å². The summed E-state index contributed by atoms with van der Waals surface area (Å²) in [7, 11) is 1.84. The van der Waals surface area contributed by atoms with Gasteiger partial charge >= 0.3 is 0 Å². The maximum absolute atomic E-state index is 12.4. The zero-order valence-electron chi connectivity index (χ0n) is 11.2. The highest BCUT2D eigenvalue weighted by Crippen LogP contribution is 2.22. The van der Waals surface area contributed by atoms with E-state index >= 15 is 0 Å². The van der Waals surface area contributed by atoms with Gasteiger partial charge in [0.05, 0.1) is 12.1 Å². The second-order valence-electron chi connectivity index (χ2n) is 4.67. The van der Waals surface area contributed by atoms with Gasteiger partial charge in [0.2, 0.25) is 0 Å². The zero-order chi connectivity index (χ0) is 14.0. The molecule has 0 atom stereocenters. The maximum Gasteiger partial charge on any atom is 0.255 e. The van der Waals surface area contributed by atoms with E-state index in [1.165, 1.54) is 10.4 Å². The Balaban J connectivity index is 2.17. The molecule has 2 nitrogen and oxygen atoms in total. The molecule has 1 amide bonds. The first-order chi connectivity index (χ1) is 8.99. The van der Waals surface area contributed by atoms with Crippen molar-refractivity contribution in [1.82, 2.24) is 4.90 Å². The first-order valence-corrected chi connectivity index (χ1v) is 7.71. The Hall–Kier alpha value is -1.13. The molecule has 0 saturated carbocycles. The molecule has 0 fully saturated rings. The van der Waals surface area contributed by atoms with Crippen LogP contribution in [0.15, 0.2) is 34.1 Å². The number of halogens is 1. The fourth-order valence-corrected chi connectivity index (χ4v) is 3.47. The molecule has 4 heteroatoms. The molecule has 0 unspecified atom stereocenters. The molecule has 0 spiro atoms. The minimum atomic E-state index is 0.0414. The molecule has 0 aliphatic rings. The third kappa shape index (κ3) is 3.25. The van der Waals surface area contributed by atoms with Gasteiger partial charge < -0.3 is 4.90 Å². The summed E-state index contributed by atoms with van der Waals surface area (Å²) < 4.78 is 0.854. The van der Waals surface area contributed by atoms with Crippen molar-refractivity contribution in [1.29, 1.82) is 0 Å².